The molecule has 0 saturated heterocycles. The number of nitrogens with one attached hydrogen (secondary N) is 1. The fraction of sp³-hybridized carbons (Fsp3) is 0.0769. The predicted octanol–water partition coefficient (Wildman–Crippen LogP) is 2.49. The average molecular weight is 226 g/mol. The van der Waals surface area contributed by atoms with E-state index in [1.165, 1.54) is 0 Å². The second kappa shape index (κ2) is 3.59. The lowest BCUT2D eigenvalue weighted by atomic mass is 10.1. The molecule has 0 saturated carbocycles. The maximum Gasteiger partial charge on any atom is 0.261 e. The highest BCUT2D eigenvalue weighted by Crippen LogP contribution is 2.26. The van der Waals surface area contributed by atoms with Crippen molar-refractivity contribution in [3.05, 3.63) is 52.6 Å². The number of aromatic nitrogens is 2. The molecule has 0 bridgehead atoms. The summed E-state index contributed by atoms with van der Waals surface area (Å²) in [5.41, 5.74) is 2.31. The number of nitrogens with zero attached hydrogens (tertiary/aromatic N) is 1. The lowest BCUT2D eigenvalue weighted by Crippen LogP contribution is -2.05. The summed E-state index contributed by atoms with van der Waals surface area (Å²) in [4.78, 5) is 14.4. The molecule has 0 aliphatic heterocycles. The van der Waals surface area contributed by atoms with E-state index in [1.54, 1.807) is 13.1 Å². The first-order valence-corrected chi connectivity index (χ1v) is 5.30. The van der Waals surface area contributed by atoms with Gasteiger partial charge in [-0.15, -0.1) is 0 Å². The van der Waals surface area contributed by atoms with Gasteiger partial charge in [0.1, 0.15) is 16.7 Å². The first kappa shape index (κ1) is 9.84. The maximum absolute atomic E-state index is 11.7. The molecule has 4 nitrogen and oxygen atoms in total. The Hall–Kier alpha value is -2.36. The van der Waals surface area contributed by atoms with Gasteiger partial charge in [0.05, 0.1) is 0 Å². The summed E-state index contributed by atoms with van der Waals surface area (Å²) >= 11 is 0. The summed E-state index contributed by atoms with van der Waals surface area (Å²) < 4.78 is 5.09. The zero-order chi connectivity index (χ0) is 11.8. The molecule has 0 radical (unpaired) electrons. The topological polar surface area (TPSA) is 58.9 Å². The molecule has 84 valence electrons. The van der Waals surface area contributed by atoms with Gasteiger partial charge in [-0.25, -0.2) is 0 Å². The van der Waals surface area contributed by atoms with Gasteiger partial charge >= 0.3 is 0 Å². The van der Waals surface area contributed by atoms with Gasteiger partial charge in [0, 0.05) is 11.8 Å². The predicted molar refractivity (Wildman–Crippen MR) is 64.8 cm³/mol. The molecule has 0 unspecified atom stereocenters. The zero-order valence-corrected chi connectivity index (χ0v) is 9.23. The standard InChI is InChI=1S/C13H10N2O2/c1-8-11-12(15-17-8)10(7-14-13(11)16)9-5-3-2-4-6-9/h2-7H,1H3,(H,14,16). The molecule has 1 N–H and O–H groups in total. The van der Waals surface area contributed by atoms with E-state index in [9.17, 15) is 4.79 Å². The molecule has 2 aromatic heterocycles. The molecule has 0 atom stereocenters. The number of pyridine rings is 1. The van der Waals surface area contributed by atoms with Crippen LogP contribution in [-0.4, -0.2) is 10.1 Å². The van der Waals surface area contributed by atoms with Crippen LogP contribution in [0.5, 0.6) is 0 Å². The fourth-order valence-electron chi connectivity index (χ4n) is 1.94. The Morgan fingerprint density at radius 3 is 2.76 bits per heavy atom. The molecule has 0 fully saturated rings. The molecule has 4 heteroatoms. The summed E-state index contributed by atoms with van der Waals surface area (Å²) in [6, 6.07) is 9.77. The third-order valence-electron chi connectivity index (χ3n) is 2.78. The lowest BCUT2D eigenvalue weighted by molar-refractivity contribution is 0.405. The summed E-state index contributed by atoms with van der Waals surface area (Å²) in [6.07, 6.45) is 1.67. The van der Waals surface area contributed by atoms with Crippen molar-refractivity contribution < 1.29 is 4.52 Å². The van der Waals surface area contributed by atoms with Gasteiger partial charge in [-0.05, 0) is 12.5 Å². The Morgan fingerprint density at radius 1 is 1.24 bits per heavy atom. The van der Waals surface area contributed by atoms with E-state index in [4.69, 9.17) is 4.52 Å². The molecule has 0 aliphatic rings. The van der Waals surface area contributed by atoms with Gasteiger partial charge in [-0.2, -0.15) is 0 Å². The minimum absolute atomic E-state index is 0.168. The Labute approximate surface area is 96.9 Å². The first-order chi connectivity index (χ1) is 8.27. The summed E-state index contributed by atoms with van der Waals surface area (Å²) in [5.74, 6) is 0.541. The highest BCUT2D eigenvalue weighted by Gasteiger charge is 2.13. The molecule has 1 aromatic carbocycles. The van der Waals surface area contributed by atoms with Crippen molar-refractivity contribution in [2.24, 2.45) is 0 Å². The van der Waals surface area contributed by atoms with Crippen LogP contribution in [0.3, 0.4) is 0 Å². The quantitative estimate of drug-likeness (QED) is 0.693. The van der Waals surface area contributed by atoms with Crippen LogP contribution in [-0.2, 0) is 0 Å². The van der Waals surface area contributed by atoms with E-state index in [0.29, 0.717) is 16.7 Å². The molecule has 0 aliphatic carbocycles. The lowest BCUT2D eigenvalue weighted by Gasteiger charge is -2.00. The van der Waals surface area contributed by atoms with Gasteiger partial charge in [-0.1, -0.05) is 35.5 Å². The van der Waals surface area contributed by atoms with Crippen LogP contribution in [0, 0.1) is 6.92 Å². The number of H-pyrrole nitrogens is 1. The second-order valence-corrected chi connectivity index (χ2v) is 3.86. The van der Waals surface area contributed by atoms with Crippen LogP contribution in [0.15, 0.2) is 45.8 Å². The van der Waals surface area contributed by atoms with Gasteiger partial charge in [0.25, 0.3) is 5.56 Å². The third-order valence-corrected chi connectivity index (χ3v) is 2.78. The average Bonchev–Trinajstić information content (AvgIpc) is 2.74. The van der Waals surface area contributed by atoms with Crippen molar-refractivity contribution in [2.75, 3.05) is 0 Å². The number of aryl methyl sites for hydroxylation is 1. The molecule has 17 heavy (non-hydrogen) atoms. The van der Waals surface area contributed by atoms with Crippen LogP contribution in [0.1, 0.15) is 5.76 Å². The van der Waals surface area contributed by atoms with E-state index in [2.05, 4.69) is 10.1 Å². The molecule has 0 spiro atoms. The van der Waals surface area contributed by atoms with E-state index in [0.717, 1.165) is 11.1 Å². The smallest absolute Gasteiger partial charge is 0.261 e. The third kappa shape index (κ3) is 1.45. The highest BCUT2D eigenvalue weighted by molar-refractivity contribution is 5.93. The Kier molecular flexibility index (Phi) is 2.08. The normalized spacial score (nSPS) is 10.9. The van der Waals surface area contributed by atoms with Crippen molar-refractivity contribution >= 4 is 10.9 Å². The second-order valence-electron chi connectivity index (χ2n) is 3.86. The summed E-state index contributed by atoms with van der Waals surface area (Å²) in [5, 5.41) is 4.48. The monoisotopic (exact) mass is 226 g/mol. The van der Waals surface area contributed by atoms with E-state index in [1.807, 2.05) is 30.3 Å². The summed E-state index contributed by atoms with van der Waals surface area (Å²) in [7, 11) is 0. The van der Waals surface area contributed by atoms with Crippen molar-refractivity contribution in [1.29, 1.82) is 0 Å². The van der Waals surface area contributed by atoms with Crippen molar-refractivity contribution in [3.63, 3.8) is 0 Å². The minimum Gasteiger partial charge on any atom is -0.360 e. The highest BCUT2D eigenvalue weighted by atomic mass is 16.5. The van der Waals surface area contributed by atoms with Crippen LogP contribution in [0.2, 0.25) is 0 Å². The molecule has 3 aromatic rings. The SMILES string of the molecule is Cc1onc2c(-c3ccccc3)c[nH]c(=O)c12. The first-order valence-electron chi connectivity index (χ1n) is 5.30. The largest absolute Gasteiger partial charge is 0.360 e. The number of hydrogen-bond acceptors (Lipinski definition) is 3. The molecule has 2 heterocycles. The van der Waals surface area contributed by atoms with Gasteiger partial charge < -0.3 is 9.51 Å². The maximum atomic E-state index is 11.7. The molecule has 0 amide bonds. The van der Waals surface area contributed by atoms with Gasteiger partial charge in [-0.3, -0.25) is 4.79 Å². The zero-order valence-electron chi connectivity index (χ0n) is 9.23. The van der Waals surface area contributed by atoms with Gasteiger partial charge in [0.2, 0.25) is 0 Å². The number of fused-ring (bicyclic) bond motifs is 1. The van der Waals surface area contributed by atoms with Crippen molar-refractivity contribution in [3.8, 4) is 11.1 Å². The number of hydrogen-bond donors (Lipinski definition) is 1. The molecule has 3 rings (SSSR count). The van der Waals surface area contributed by atoms with Crippen LogP contribution in [0.25, 0.3) is 22.0 Å². The Balaban J connectivity index is 2.40. The summed E-state index contributed by atoms with van der Waals surface area (Å²) in [6.45, 7) is 1.74. The number of benzene rings is 1. The Morgan fingerprint density at radius 2 is 2.00 bits per heavy atom. The van der Waals surface area contributed by atoms with Crippen LogP contribution in [0.4, 0.5) is 0 Å². The van der Waals surface area contributed by atoms with E-state index >= 15 is 0 Å². The molecular formula is C13H10N2O2. The fourth-order valence-corrected chi connectivity index (χ4v) is 1.94. The van der Waals surface area contributed by atoms with Gasteiger partial charge in [0.15, 0.2) is 0 Å². The van der Waals surface area contributed by atoms with Crippen LogP contribution >= 0.6 is 0 Å². The number of aromatic amines is 1. The molecular weight excluding hydrogens is 216 g/mol. The van der Waals surface area contributed by atoms with Crippen LogP contribution < -0.4 is 5.56 Å². The van der Waals surface area contributed by atoms with E-state index in [-0.39, 0.29) is 5.56 Å². The van der Waals surface area contributed by atoms with E-state index < -0.39 is 0 Å². The van der Waals surface area contributed by atoms with Crippen molar-refractivity contribution in [1.82, 2.24) is 10.1 Å². The number of rotatable bonds is 1. The Bertz CT molecular complexity index is 726. The van der Waals surface area contributed by atoms with Crippen molar-refractivity contribution in [2.45, 2.75) is 6.92 Å². The minimum atomic E-state index is -0.168.